The summed E-state index contributed by atoms with van der Waals surface area (Å²) in [5.74, 6) is 0. The van der Waals surface area contributed by atoms with Crippen LogP contribution in [0.15, 0.2) is 152 Å². The first-order valence-corrected chi connectivity index (χ1v) is 14.6. The second-order valence-electron chi connectivity index (χ2n) is 11.0. The molecule has 200 valence electrons. The van der Waals surface area contributed by atoms with Crippen LogP contribution in [-0.4, -0.2) is 14.5 Å². The number of benzene rings is 7. The number of nitrogens with zero attached hydrogens (tertiary/aromatic N) is 3. The SMILES string of the molecule is c1ccc(-c2nc3ccc4ccc5cc(-n6c7ccccc7c7ccccc76)ccc5c4c3nc2-c2ccccc2)cc1. The minimum absolute atomic E-state index is 0.894. The highest BCUT2D eigenvalue weighted by molar-refractivity contribution is 6.19. The second-order valence-corrected chi connectivity index (χ2v) is 11.0. The smallest absolute Gasteiger partial charge is 0.0979 e. The first-order valence-electron chi connectivity index (χ1n) is 14.6. The van der Waals surface area contributed by atoms with Gasteiger partial charge in [-0.3, -0.25) is 0 Å². The molecule has 3 nitrogen and oxygen atoms in total. The van der Waals surface area contributed by atoms with Crippen molar-refractivity contribution in [2.24, 2.45) is 0 Å². The standard InChI is InChI=1S/C40H25N3/c1-3-11-27(12-4-1)38-39(28-13-5-2-6-14-28)42-40-34(41-38)24-21-26-19-20-29-25-30(22-23-31(29)37(26)40)43-35-17-9-7-15-32(35)33-16-8-10-18-36(33)43/h1-25H. The normalized spacial score (nSPS) is 11.7. The van der Waals surface area contributed by atoms with E-state index in [1.807, 2.05) is 12.1 Å². The topological polar surface area (TPSA) is 30.7 Å². The molecule has 0 aliphatic rings. The minimum atomic E-state index is 0.894. The lowest BCUT2D eigenvalue weighted by molar-refractivity contribution is 1.19. The molecule has 3 heteroatoms. The Hall–Kier alpha value is -5.80. The lowest BCUT2D eigenvalue weighted by atomic mass is 9.98. The molecule has 0 aliphatic carbocycles. The second kappa shape index (κ2) is 9.37. The number of fused-ring (bicyclic) bond motifs is 8. The van der Waals surface area contributed by atoms with Gasteiger partial charge in [-0.15, -0.1) is 0 Å². The Kier molecular flexibility index (Phi) is 5.20. The molecule has 2 heterocycles. The summed E-state index contributed by atoms with van der Waals surface area (Å²) in [7, 11) is 0. The van der Waals surface area contributed by atoms with Crippen LogP contribution < -0.4 is 0 Å². The monoisotopic (exact) mass is 547 g/mol. The van der Waals surface area contributed by atoms with Gasteiger partial charge in [0.25, 0.3) is 0 Å². The van der Waals surface area contributed by atoms with E-state index >= 15 is 0 Å². The van der Waals surface area contributed by atoms with Crippen molar-refractivity contribution < 1.29 is 0 Å². The van der Waals surface area contributed by atoms with Gasteiger partial charge >= 0.3 is 0 Å². The predicted octanol–water partition coefficient (Wildman–Crippen LogP) is 10.4. The molecular formula is C40H25N3. The van der Waals surface area contributed by atoms with Crippen LogP contribution >= 0.6 is 0 Å². The van der Waals surface area contributed by atoms with Crippen molar-refractivity contribution in [2.45, 2.75) is 0 Å². The van der Waals surface area contributed by atoms with E-state index in [1.165, 1.54) is 32.6 Å². The largest absolute Gasteiger partial charge is 0.309 e. The van der Waals surface area contributed by atoms with Gasteiger partial charge in [-0.05, 0) is 46.5 Å². The number of hydrogen-bond acceptors (Lipinski definition) is 2. The summed E-state index contributed by atoms with van der Waals surface area (Å²) in [6.07, 6.45) is 0. The fourth-order valence-electron chi connectivity index (χ4n) is 6.59. The van der Waals surface area contributed by atoms with Crippen LogP contribution in [0.3, 0.4) is 0 Å². The summed E-state index contributed by atoms with van der Waals surface area (Å²) in [6.45, 7) is 0. The summed E-state index contributed by atoms with van der Waals surface area (Å²) in [4.78, 5) is 10.6. The molecule has 43 heavy (non-hydrogen) atoms. The van der Waals surface area contributed by atoms with Crippen molar-refractivity contribution in [1.29, 1.82) is 0 Å². The predicted molar refractivity (Wildman–Crippen MR) is 180 cm³/mol. The van der Waals surface area contributed by atoms with E-state index in [9.17, 15) is 0 Å². The van der Waals surface area contributed by atoms with Gasteiger partial charge in [0, 0.05) is 33.0 Å². The zero-order valence-electron chi connectivity index (χ0n) is 23.3. The quantitative estimate of drug-likeness (QED) is 0.206. The summed E-state index contributed by atoms with van der Waals surface area (Å²) < 4.78 is 2.37. The van der Waals surface area contributed by atoms with E-state index in [-0.39, 0.29) is 0 Å². The Morgan fingerprint density at radius 2 is 0.977 bits per heavy atom. The fraction of sp³-hybridized carbons (Fsp3) is 0. The van der Waals surface area contributed by atoms with Gasteiger partial charge in [-0.2, -0.15) is 0 Å². The van der Waals surface area contributed by atoms with Crippen molar-refractivity contribution in [3.63, 3.8) is 0 Å². The van der Waals surface area contributed by atoms with Gasteiger partial charge in [-0.1, -0.05) is 121 Å². The molecule has 7 aromatic carbocycles. The molecule has 0 saturated heterocycles. The molecule has 0 N–H and O–H groups in total. The lowest BCUT2D eigenvalue weighted by Crippen LogP contribution is -1.97. The highest BCUT2D eigenvalue weighted by Crippen LogP contribution is 2.38. The van der Waals surface area contributed by atoms with E-state index < -0.39 is 0 Å². The molecule has 0 unspecified atom stereocenters. The summed E-state index contributed by atoms with van der Waals surface area (Å²) in [5.41, 5.74) is 9.29. The number of para-hydroxylation sites is 2. The number of hydrogen-bond donors (Lipinski definition) is 0. The molecule has 0 fully saturated rings. The van der Waals surface area contributed by atoms with Crippen molar-refractivity contribution in [2.75, 3.05) is 0 Å². The molecule has 2 aromatic heterocycles. The molecule has 9 aromatic rings. The van der Waals surface area contributed by atoms with E-state index in [4.69, 9.17) is 9.97 Å². The maximum atomic E-state index is 5.39. The van der Waals surface area contributed by atoms with Gasteiger partial charge in [-0.25, -0.2) is 9.97 Å². The fourth-order valence-corrected chi connectivity index (χ4v) is 6.59. The van der Waals surface area contributed by atoms with E-state index in [0.717, 1.165) is 50.0 Å². The van der Waals surface area contributed by atoms with Crippen LogP contribution in [0.2, 0.25) is 0 Å². The molecular weight excluding hydrogens is 522 g/mol. The van der Waals surface area contributed by atoms with E-state index in [2.05, 4.69) is 144 Å². The van der Waals surface area contributed by atoms with Crippen LogP contribution in [0, 0.1) is 0 Å². The average molecular weight is 548 g/mol. The van der Waals surface area contributed by atoms with Gasteiger partial charge in [0.05, 0.1) is 33.5 Å². The van der Waals surface area contributed by atoms with E-state index in [1.54, 1.807) is 0 Å². The van der Waals surface area contributed by atoms with Crippen LogP contribution in [0.4, 0.5) is 0 Å². The first kappa shape index (κ1) is 23.9. The van der Waals surface area contributed by atoms with Gasteiger partial charge < -0.3 is 4.57 Å². The Labute approximate surface area is 248 Å². The summed E-state index contributed by atoms with van der Waals surface area (Å²) >= 11 is 0. The minimum Gasteiger partial charge on any atom is -0.309 e. The highest BCUT2D eigenvalue weighted by atomic mass is 15.0. The maximum Gasteiger partial charge on any atom is 0.0979 e. The lowest BCUT2D eigenvalue weighted by Gasteiger charge is -2.14. The van der Waals surface area contributed by atoms with Crippen molar-refractivity contribution in [3.05, 3.63) is 152 Å². The Bertz CT molecular complexity index is 2440. The van der Waals surface area contributed by atoms with Gasteiger partial charge in [0.1, 0.15) is 0 Å². The van der Waals surface area contributed by atoms with Gasteiger partial charge in [0.2, 0.25) is 0 Å². The average Bonchev–Trinajstić information content (AvgIpc) is 3.42. The Morgan fingerprint density at radius 1 is 0.419 bits per heavy atom. The molecule has 0 spiro atoms. The zero-order chi connectivity index (χ0) is 28.3. The molecule has 0 bridgehead atoms. The summed E-state index contributed by atoms with van der Waals surface area (Å²) in [5, 5.41) is 7.17. The first-order chi connectivity index (χ1) is 21.3. The Balaban J connectivity index is 1.33. The third-order valence-electron chi connectivity index (χ3n) is 8.55. The maximum absolute atomic E-state index is 5.39. The van der Waals surface area contributed by atoms with Gasteiger partial charge in [0.15, 0.2) is 0 Å². The Morgan fingerprint density at radius 3 is 1.65 bits per heavy atom. The van der Waals surface area contributed by atoms with Crippen LogP contribution in [0.5, 0.6) is 0 Å². The highest BCUT2D eigenvalue weighted by Gasteiger charge is 2.17. The van der Waals surface area contributed by atoms with Crippen molar-refractivity contribution in [3.8, 4) is 28.2 Å². The van der Waals surface area contributed by atoms with Crippen LogP contribution in [0.1, 0.15) is 0 Å². The van der Waals surface area contributed by atoms with E-state index in [0.29, 0.717) is 0 Å². The van der Waals surface area contributed by atoms with Crippen molar-refractivity contribution in [1.82, 2.24) is 14.5 Å². The summed E-state index contributed by atoms with van der Waals surface area (Å²) in [6, 6.07) is 53.5. The molecule has 0 radical (unpaired) electrons. The molecule has 9 rings (SSSR count). The molecule has 0 amide bonds. The molecule has 0 atom stereocenters. The zero-order valence-corrected chi connectivity index (χ0v) is 23.3. The van der Waals surface area contributed by atoms with Crippen LogP contribution in [-0.2, 0) is 0 Å². The number of aromatic nitrogens is 3. The molecule has 0 aliphatic heterocycles. The van der Waals surface area contributed by atoms with Crippen molar-refractivity contribution >= 4 is 54.4 Å². The number of rotatable bonds is 3. The van der Waals surface area contributed by atoms with Crippen LogP contribution in [0.25, 0.3) is 82.6 Å². The molecule has 0 saturated carbocycles. The third kappa shape index (κ3) is 3.68. The third-order valence-corrected chi connectivity index (χ3v) is 8.55.